The largest absolute Gasteiger partial charge is 0.459 e. The number of nitrogens with one attached hydrogen (secondary N) is 1. The molecule has 1 atom stereocenters. The molecule has 0 spiro atoms. The fourth-order valence-electron chi connectivity index (χ4n) is 2.73. The van der Waals surface area contributed by atoms with E-state index in [2.05, 4.69) is 4.72 Å². The number of carbonyl (C=O) groups excluding carboxylic acids is 2. The normalized spacial score (nSPS) is 12.2. The van der Waals surface area contributed by atoms with E-state index in [4.69, 9.17) is 4.74 Å². The van der Waals surface area contributed by atoms with Gasteiger partial charge in [0.15, 0.2) is 11.8 Å². The van der Waals surface area contributed by atoms with Crippen LogP contribution in [-0.2, 0) is 26.2 Å². The van der Waals surface area contributed by atoms with Gasteiger partial charge < -0.3 is 4.74 Å². The molecule has 6 nitrogen and oxygen atoms in total. The minimum Gasteiger partial charge on any atom is -0.459 e. The molecule has 0 saturated carbocycles. The molecular formula is C23H21NO5S. The molecule has 0 amide bonds. The molecule has 7 heteroatoms. The Morgan fingerprint density at radius 2 is 1.43 bits per heavy atom. The highest BCUT2D eigenvalue weighted by molar-refractivity contribution is 7.89. The van der Waals surface area contributed by atoms with Crippen LogP contribution in [0.15, 0.2) is 89.8 Å². The molecule has 0 aliphatic rings. The maximum Gasteiger partial charge on any atom is 0.332 e. The lowest BCUT2D eigenvalue weighted by Crippen LogP contribution is -2.47. The van der Waals surface area contributed by atoms with E-state index in [0.29, 0.717) is 0 Å². The summed E-state index contributed by atoms with van der Waals surface area (Å²) in [6, 6.07) is 21.3. The third-order valence-electron chi connectivity index (χ3n) is 4.38. The van der Waals surface area contributed by atoms with Crippen LogP contribution in [0.25, 0.3) is 0 Å². The average molecular weight is 423 g/mol. The molecule has 3 rings (SSSR count). The van der Waals surface area contributed by atoms with Crippen molar-refractivity contribution in [3.63, 3.8) is 0 Å². The number of benzene rings is 3. The van der Waals surface area contributed by atoms with E-state index >= 15 is 0 Å². The highest BCUT2D eigenvalue weighted by atomic mass is 32.2. The molecule has 0 saturated heterocycles. The lowest BCUT2D eigenvalue weighted by Gasteiger charge is -2.17. The van der Waals surface area contributed by atoms with Gasteiger partial charge in [-0.05, 0) is 24.6 Å². The molecule has 30 heavy (non-hydrogen) atoms. The number of ketones is 1. The van der Waals surface area contributed by atoms with Crippen molar-refractivity contribution in [1.29, 1.82) is 0 Å². The third-order valence-corrected chi connectivity index (χ3v) is 5.82. The number of ether oxygens (including phenoxy) is 1. The molecule has 0 radical (unpaired) electrons. The van der Waals surface area contributed by atoms with Crippen LogP contribution in [0.4, 0.5) is 0 Å². The molecule has 0 bridgehead atoms. The van der Waals surface area contributed by atoms with Gasteiger partial charge in [-0.15, -0.1) is 0 Å². The van der Waals surface area contributed by atoms with Gasteiger partial charge in [0, 0.05) is 5.56 Å². The Kier molecular flexibility index (Phi) is 6.76. The highest BCUT2D eigenvalue weighted by Gasteiger charge is 2.34. The second-order valence-electron chi connectivity index (χ2n) is 6.69. The summed E-state index contributed by atoms with van der Waals surface area (Å²) < 4.78 is 33.1. The minimum atomic E-state index is -4.13. The first-order valence-corrected chi connectivity index (χ1v) is 10.7. The lowest BCUT2D eigenvalue weighted by atomic mass is 10.1. The van der Waals surface area contributed by atoms with Gasteiger partial charge in [-0.3, -0.25) is 4.79 Å². The van der Waals surface area contributed by atoms with Crippen molar-refractivity contribution < 1.29 is 22.7 Å². The van der Waals surface area contributed by atoms with Crippen LogP contribution < -0.4 is 4.72 Å². The molecule has 154 valence electrons. The van der Waals surface area contributed by atoms with Gasteiger partial charge in [0.25, 0.3) is 0 Å². The Balaban J connectivity index is 1.86. The van der Waals surface area contributed by atoms with Crippen molar-refractivity contribution in [1.82, 2.24) is 4.72 Å². The summed E-state index contributed by atoms with van der Waals surface area (Å²) >= 11 is 0. The second kappa shape index (κ2) is 9.47. The molecule has 1 N–H and O–H groups in total. The number of hydrogen-bond donors (Lipinski definition) is 1. The van der Waals surface area contributed by atoms with Crippen LogP contribution in [0.2, 0.25) is 0 Å². The highest BCUT2D eigenvalue weighted by Crippen LogP contribution is 2.14. The van der Waals surface area contributed by atoms with Crippen molar-refractivity contribution in [3.8, 4) is 0 Å². The number of aryl methyl sites for hydroxylation is 1. The van der Waals surface area contributed by atoms with Crippen LogP contribution in [0.5, 0.6) is 0 Å². The van der Waals surface area contributed by atoms with E-state index in [1.807, 2.05) is 13.0 Å². The quantitative estimate of drug-likeness (QED) is 0.341. The van der Waals surface area contributed by atoms with E-state index in [1.54, 1.807) is 54.6 Å². The Bertz CT molecular complexity index is 1110. The van der Waals surface area contributed by atoms with Crippen LogP contribution in [-0.4, -0.2) is 26.2 Å². The van der Waals surface area contributed by atoms with Crippen molar-refractivity contribution in [2.45, 2.75) is 24.5 Å². The Labute approximate surface area is 175 Å². The predicted octanol–water partition coefficient (Wildman–Crippen LogP) is 3.27. The molecule has 0 aliphatic carbocycles. The number of carbonyl (C=O) groups is 2. The summed E-state index contributed by atoms with van der Waals surface area (Å²) in [4.78, 5) is 25.6. The average Bonchev–Trinajstić information content (AvgIpc) is 2.77. The van der Waals surface area contributed by atoms with Gasteiger partial charge >= 0.3 is 5.97 Å². The maximum atomic E-state index is 12.9. The van der Waals surface area contributed by atoms with Gasteiger partial charge in [0.05, 0.1) is 4.90 Å². The zero-order valence-electron chi connectivity index (χ0n) is 16.3. The van der Waals surface area contributed by atoms with Crippen LogP contribution in [0, 0.1) is 6.92 Å². The first-order valence-electron chi connectivity index (χ1n) is 9.25. The molecular weight excluding hydrogens is 402 g/mol. The number of hydrogen-bond acceptors (Lipinski definition) is 5. The third kappa shape index (κ3) is 5.40. The Hall–Kier alpha value is -3.29. The van der Waals surface area contributed by atoms with Gasteiger partial charge in [0.2, 0.25) is 10.0 Å². The number of Topliss-reactive ketones (excluding diaryl/α,β-unsaturated/α-hetero) is 1. The smallest absolute Gasteiger partial charge is 0.332 e. The van der Waals surface area contributed by atoms with Crippen LogP contribution in [0.3, 0.4) is 0 Å². The second-order valence-corrected chi connectivity index (χ2v) is 8.40. The van der Waals surface area contributed by atoms with Gasteiger partial charge in [0.1, 0.15) is 6.61 Å². The molecule has 0 fully saturated rings. The summed E-state index contributed by atoms with van der Waals surface area (Å²) in [5.74, 6) is -1.66. The van der Waals surface area contributed by atoms with Crippen molar-refractivity contribution >= 4 is 21.8 Å². The molecule has 1 unspecified atom stereocenters. The zero-order valence-corrected chi connectivity index (χ0v) is 17.1. The summed E-state index contributed by atoms with van der Waals surface area (Å²) in [6.07, 6.45) is 0. The summed E-state index contributed by atoms with van der Waals surface area (Å²) in [5.41, 5.74) is 1.80. The van der Waals surface area contributed by atoms with Crippen LogP contribution in [0.1, 0.15) is 21.5 Å². The summed E-state index contributed by atoms with van der Waals surface area (Å²) in [6.45, 7) is 1.75. The molecule has 3 aromatic rings. The van der Waals surface area contributed by atoms with E-state index < -0.39 is 27.8 Å². The summed E-state index contributed by atoms with van der Waals surface area (Å²) in [5, 5.41) is 0. The standard InChI is InChI=1S/C23H21NO5S/c1-17-12-14-20(15-13-17)30(27,28)24-21(22(25)19-10-6-3-7-11-19)23(26)29-16-18-8-4-2-5-9-18/h2-15,21,24H,16H2,1H3. The SMILES string of the molecule is Cc1ccc(S(=O)(=O)NC(C(=O)OCc2ccccc2)C(=O)c2ccccc2)cc1. The fourth-order valence-corrected chi connectivity index (χ4v) is 3.87. The number of esters is 1. The Morgan fingerprint density at radius 1 is 0.867 bits per heavy atom. The van der Waals surface area contributed by atoms with E-state index in [9.17, 15) is 18.0 Å². The van der Waals surface area contributed by atoms with Crippen molar-refractivity contribution in [2.75, 3.05) is 0 Å². The van der Waals surface area contributed by atoms with Gasteiger partial charge in [-0.1, -0.05) is 78.4 Å². The zero-order chi connectivity index (χ0) is 21.6. The molecule has 0 heterocycles. The lowest BCUT2D eigenvalue weighted by molar-refractivity contribution is -0.145. The topological polar surface area (TPSA) is 89.5 Å². The number of sulfonamides is 1. The van der Waals surface area contributed by atoms with E-state index in [0.717, 1.165) is 11.1 Å². The first-order chi connectivity index (χ1) is 14.4. The predicted molar refractivity (Wildman–Crippen MR) is 112 cm³/mol. The van der Waals surface area contributed by atoms with Crippen molar-refractivity contribution in [2.24, 2.45) is 0 Å². The fraction of sp³-hybridized carbons (Fsp3) is 0.130. The molecule has 3 aromatic carbocycles. The van der Waals surface area contributed by atoms with E-state index in [1.165, 1.54) is 24.3 Å². The first kappa shape index (κ1) is 21.4. The van der Waals surface area contributed by atoms with E-state index in [-0.39, 0.29) is 17.1 Å². The van der Waals surface area contributed by atoms with Gasteiger partial charge in [-0.2, -0.15) is 4.72 Å². The monoisotopic (exact) mass is 423 g/mol. The van der Waals surface area contributed by atoms with Gasteiger partial charge in [-0.25, -0.2) is 13.2 Å². The maximum absolute atomic E-state index is 12.9. The Morgan fingerprint density at radius 3 is 2.03 bits per heavy atom. The minimum absolute atomic E-state index is 0.0465. The molecule has 0 aliphatic heterocycles. The summed E-state index contributed by atoms with van der Waals surface area (Å²) in [7, 11) is -4.13. The number of rotatable bonds is 8. The van der Waals surface area contributed by atoms with Crippen LogP contribution >= 0.6 is 0 Å². The van der Waals surface area contributed by atoms with Crippen molar-refractivity contribution in [3.05, 3.63) is 102 Å². The molecule has 0 aromatic heterocycles.